The van der Waals surface area contributed by atoms with E-state index in [-0.39, 0.29) is 36.7 Å². The van der Waals surface area contributed by atoms with Crippen molar-refractivity contribution in [2.75, 3.05) is 24.6 Å². The average Bonchev–Trinajstić information content (AvgIpc) is 3.19. The van der Waals surface area contributed by atoms with E-state index in [1.165, 1.54) is 0 Å². The van der Waals surface area contributed by atoms with E-state index in [1.807, 2.05) is 105 Å². The van der Waals surface area contributed by atoms with Gasteiger partial charge in [0.15, 0.2) is 6.29 Å². The van der Waals surface area contributed by atoms with Gasteiger partial charge >= 0.3 is 0 Å². The SMILES string of the molecule is C[C@H]([C@@H](O)c1ccccc1)N(C)C[C@H]1C[C@@H](c2ccc(CO)cc2)O[C@@H](c2ccc(CNC(=O)CCCCCCC(=O)Nc3ccccc3N)cc2)O1. The van der Waals surface area contributed by atoms with Gasteiger partial charge in [0.05, 0.1) is 36.3 Å². The Kier molecular flexibility index (Phi) is 15.0. The van der Waals surface area contributed by atoms with Gasteiger partial charge in [-0.2, -0.15) is 0 Å². The summed E-state index contributed by atoms with van der Waals surface area (Å²) in [7, 11) is 2.00. The summed E-state index contributed by atoms with van der Waals surface area (Å²) in [6.45, 7) is 3.01. The van der Waals surface area contributed by atoms with Gasteiger partial charge in [0, 0.05) is 44.0 Å². The average molecular weight is 723 g/mol. The van der Waals surface area contributed by atoms with Crippen LogP contribution < -0.4 is 16.4 Å². The lowest BCUT2D eigenvalue weighted by atomic mass is 9.98. The first-order chi connectivity index (χ1) is 25.7. The highest BCUT2D eigenvalue weighted by molar-refractivity contribution is 5.93. The number of likely N-dealkylation sites (N-methyl/N-ethyl adjacent to an activating group) is 1. The van der Waals surface area contributed by atoms with Gasteiger partial charge < -0.3 is 36.1 Å². The lowest BCUT2D eigenvalue weighted by Crippen LogP contribution is -2.43. The van der Waals surface area contributed by atoms with Crippen LogP contribution in [0.15, 0.2) is 103 Å². The topological polar surface area (TPSA) is 146 Å². The molecule has 10 nitrogen and oxygen atoms in total. The van der Waals surface area contributed by atoms with Crippen molar-refractivity contribution in [2.45, 2.75) is 95.7 Å². The number of carbonyl (C=O) groups excluding carboxylic acids is 2. The molecule has 282 valence electrons. The highest BCUT2D eigenvalue weighted by atomic mass is 16.7. The van der Waals surface area contributed by atoms with Crippen LogP contribution in [0.4, 0.5) is 11.4 Å². The Hall–Kier alpha value is -4.58. The quantitative estimate of drug-likeness (QED) is 0.0548. The summed E-state index contributed by atoms with van der Waals surface area (Å²) in [5.74, 6) is -0.0575. The lowest BCUT2D eigenvalue weighted by molar-refractivity contribution is -0.253. The molecule has 10 heteroatoms. The molecule has 1 aliphatic rings. The third kappa shape index (κ3) is 12.0. The molecule has 4 aromatic rings. The van der Waals surface area contributed by atoms with Crippen LogP contribution in [0.3, 0.4) is 0 Å². The number of hydrogen-bond acceptors (Lipinski definition) is 8. The number of aliphatic hydroxyl groups is 2. The molecule has 0 aliphatic carbocycles. The second kappa shape index (κ2) is 20.0. The van der Waals surface area contributed by atoms with Crippen LogP contribution in [0.25, 0.3) is 0 Å². The van der Waals surface area contributed by atoms with Crippen molar-refractivity contribution in [3.05, 3.63) is 131 Å². The predicted molar refractivity (Wildman–Crippen MR) is 207 cm³/mol. The summed E-state index contributed by atoms with van der Waals surface area (Å²) >= 11 is 0. The van der Waals surface area contributed by atoms with Gasteiger partial charge in [0.1, 0.15) is 0 Å². The zero-order valence-corrected chi connectivity index (χ0v) is 30.8. The van der Waals surface area contributed by atoms with Crippen molar-refractivity contribution in [1.82, 2.24) is 10.2 Å². The summed E-state index contributed by atoms with van der Waals surface area (Å²) in [6.07, 6.45) is 3.12. The molecular weight excluding hydrogens is 668 g/mol. The van der Waals surface area contributed by atoms with Crippen LogP contribution in [0.1, 0.15) is 98.2 Å². The number of amides is 2. The number of aliphatic hydroxyl groups excluding tert-OH is 2. The van der Waals surface area contributed by atoms with E-state index >= 15 is 0 Å². The van der Waals surface area contributed by atoms with Crippen molar-refractivity contribution in [2.24, 2.45) is 0 Å². The number of nitrogens with one attached hydrogen (secondary N) is 2. The first-order valence-corrected chi connectivity index (χ1v) is 18.6. The number of hydrogen-bond donors (Lipinski definition) is 5. The van der Waals surface area contributed by atoms with E-state index in [1.54, 1.807) is 12.1 Å². The zero-order chi connectivity index (χ0) is 37.6. The Balaban J connectivity index is 1.09. The molecule has 5 rings (SSSR count). The van der Waals surface area contributed by atoms with E-state index in [0.717, 1.165) is 53.5 Å². The van der Waals surface area contributed by atoms with E-state index in [0.29, 0.717) is 43.7 Å². The molecule has 5 atom stereocenters. The smallest absolute Gasteiger partial charge is 0.224 e. The van der Waals surface area contributed by atoms with Crippen molar-refractivity contribution >= 4 is 23.2 Å². The number of benzene rings is 4. The van der Waals surface area contributed by atoms with Gasteiger partial charge in [-0.05, 0) is 61.2 Å². The first kappa shape index (κ1) is 39.6. The third-order valence-electron chi connectivity index (χ3n) is 9.93. The maximum Gasteiger partial charge on any atom is 0.224 e. The summed E-state index contributed by atoms with van der Waals surface area (Å²) < 4.78 is 13.1. The first-order valence-electron chi connectivity index (χ1n) is 18.6. The van der Waals surface area contributed by atoms with Crippen LogP contribution in [0.5, 0.6) is 0 Å². The second-order valence-electron chi connectivity index (χ2n) is 14.0. The number of anilines is 2. The van der Waals surface area contributed by atoms with Crippen molar-refractivity contribution in [3.63, 3.8) is 0 Å². The lowest BCUT2D eigenvalue weighted by Gasteiger charge is -2.39. The molecule has 53 heavy (non-hydrogen) atoms. The largest absolute Gasteiger partial charge is 0.397 e. The zero-order valence-electron chi connectivity index (χ0n) is 30.8. The molecule has 0 radical (unpaired) electrons. The fourth-order valence-corrected chi connectivity index (χ4v) is 6.52. The minimum Gasteiger partial charge on any atom is -0.397 e. The van der Waals surface area contributed by atoms with Crippen LogP contribution >= 0.6 is 0 Å². The summed E-state index contributed by atoms with van der Waals surface area (Å²) in [5.41, 5.74) is 11.6. The maximum atomic E-state index is 12.6. The monoisotopic (exact) mass is 722 g/mol. The normalized spacial score (nSPS) is 18.3. The molecule has 1 fully saturated rings. The number of nitrogens with zero attached hydrogens (tertiary/aromatic N) is 1. The van der Waals surface area contributed by atoms with Crippen molar-refractivity contribution < 1.29 is 29.3 Å². The van der Waals surface area contributed by atoms with E-state index in [9.17, 15) is 19.8 Å². The highest BCUT2D eigenvalue weighted by Gasteiger charge is 2.34. The number of nitrogen functional groups attached to an aromatic ring is 1. The molecule has 2 amide bonds. The third-order valence-corrected chi connectivity index (χ3v) is 9.93. The van der Waals surface area contributed by atoms with Crippen molar-refractivity contribution in [1.29, 1.82) is 0 Å². The predicted octanol–water partition coefficient (Wildman–Crippen LogP) is 6.96. The molecule has 6 N–H and O–H groups in total. The standard InChI is InChI=1S/C43H54N4O6/c1-30(42(51)34-12-6-5-7-13-34)47(2)28-36-26-39(33-22-20-32(29-48)21-23-33)53-43(52-36)35-24-18-31(19-25-35)27-45-40(49)16-8-3-4-9-17-41(50)46-38-15-11-10-14-37(38)44/h5-7,10-15,18-25,30,36,39,42-43,48,51H,3-4,8-9,16-17,26-29,44H2,1-2H3,(H,45,49)(H,46,50)/t30-,36-,39+,42-,43+/m1/s1. The van der Waals surface area contributed by atoms with Gasteiger partial charge in [0.2, 0.25) is 11.8 Å². The summed E-state index contributed by atoms with van der Waals surface area (Å²) in [6, 6.07) is 32.5. The van der Waals surface area contributed by atoms with Gasteiger partial charge in [-0.1, -0.05) is 104 Å². The molecule has 4 aromatic carbocycles. The maximum absolute atomic E-state index is 12.6. The van der Waals surface area contributed by atoms with Gasteiger partial charge in [-0.3, -0.25) is 14.5 Å². The summed E-state index contributed by atoms with van der Waals surface area (Å²) in [4.78, 5) is 26.9. The molecule has 0 spiro atoms. The molecule has 0 bridgehead atoms. The minimum atomic E-state index is -0.641. The van der Waals surface area contributed by atoms with Gasteiger partial charge in [-0.15, -0.1) is 0 Å². The number of unbranched alkanes of at least 4 members (excludes halogenated alkanes) is 3. The minimum absolute atomic E-state index is 0.000972. The molecular formula is C43H54N4O6. The summed E-state index contributed by atoms with van der Waals surface area (Å²) in [5, 5.41) is 26.5. The number of para-hydroxylation sites is 2. The molecule has 1 heterocycles. The second-order valence-corrected chi connectivity index (χ2v) is 14.0. The number of nitrogens with two attached hydrogens (primary N) is 1. The van der Waals surface area contributed by atoms with Crippen LogP contribution in [0, 0.1) is 0 Å². The molecule has 1 aliphatic heterocycles. The van der Waals surface area contributed by atoms with Crippen molar-refractivity contribution in [3.8, 4) is 0 Å². The Morgan fingerprint density at radius 2 is 1.43 bits per heavy atom. The Morgan fingerprint density at radius 1 is 0.811 bits per heavy atom. The fourth-order valence-electron chi connectivity index (χ4n) is 6.52. The molecule has 0 aromatic heterocycles. The van der Waals surface area contributed by atoms with Crippen LogP contribution in [-0.4, -0.2) is 52.7 Å². The van der Waals surface area contributed by atoms with Crippen LogP contribution in [-0.2, 0) is 32.2 Å². The number of rotatable bonds is 18. The molecule has 0 saturated carbocycles. The van der Waals surface area contributed by atoms with E-state index in [2.05, 4.69) is 15.5 Å². The highest BCUT2D eigenvalue weighted by Crippen LogP contribution is 2.38. The van der Waals surface area contributed by atoms with Gasteiger partial charge in [0.25, 0.3) is 0 Å². The van der Waals surface area contributed by atoms with Gasteiger partial charge in [-0.25, -0.2) is 0 Å². The fraction of sp³-hybridized carbons (Fsp3) is 0.395. The number of ether oxygens (including phenoxy) is 2. The molecule has 0 unspecified atom stereocenters. The Morgan fingerprint density at radius 3 is 2.11 bits per heavy atom. The Labute approximate surface area is 313 Å². The van der Waals surface area contributed by atoms with E-state index in [4.69, 9.17) is 15.2 Å². The van der Waals surface area contributed by atoms with E-state index < -0.39 is 12.4 Å². The molecule has 1 saturated heterocycles. The Bertz CT molecular complexity index is 1720. The number of carbonyl (C=O) groups is 2. The van der Waals surface area contributed by atoms with Crippen LogP contribution in [0.2, 0.25) is 0 Å².